The van der Waals surface area contributed by atoms with Gasteiger partial charge in [-0.1, -0.05) is 18.2 Å². The number of aromatic nitrogens is 1. The summed E-state index contributed by atoms with van der Waals surface area (Å²) < 4.78 is 0. The van der Waals surface area contributed by atoms with E-state index in [0.717, 1.165) is 11.3 Å². The van der Waals surface area contributed by atoms with Gasteiger partial charge in [0.2, 0.25) is 5.91 Å². The molecule has 1 aliphatic heterocycles. The molecule has 1 saturated heterocycles. The number of carbonyl (C=O) groups is 2. The minimum Gasteiger partial charge on any atom is -0.380 e. The molecule has 2 amide bonds. The highest BCUT2D eigenvalue weighted by Crippen LogP contribution is 2.17. The number of nitrogens with one attached hydrogen (secondary N) is 2. The molecule has 0 radical (unpaired) electrons. The lowest BCUT2D eigenvalue weighted by Gasteiger charge is -2.30. The Hall–Kier alpha value is -2.89. The summed E-state index contributed by atoms with van der Waals surface area (Å²) in [6.07, 6.45) is 4.68. The van der Waals surface area contributed by atoms with Crippen molar-refractivity contribution in [3.63, 3.8) is 0 Å². The van der Waals surface area contributed by atoms with Crippen LogP contribution < -0.4 is 10.6 Å². The van der Waals surface area contributed by atoms with Gasteiger partial charge in [0.25, 0.3) is 5.91 Å². The third kappa shape index (κ3) is 4.35. The molecular weight excluding hydrogens is 316 g/mol. The number of likely N-dealkylation sites (tertiary alicyclic amines) is 1. The van der Waals surface area contributed by atoms with E-state index in [-0.39, 0.29) is 17.9 Å². The number of hydrogen-bond acceptors (Lipinski definition) is 4. The molecule has 25 heavy (non-hydrogen) atoms. The number of rotatable bonds is 5. The molecule has 2 N–H and O–H groups in total. The normalized spacial score (nSPS) is 17.2. The first-order valence-corrected chi connectivity index (χ1v) is 8.40. The van der Waals surface area contributed by atoms with Crippen LogP contribution in [-0.2, 0) is 11.3 Å². The predicted octanol–water partition coefficient (Wildman–Crippen LogP) is 2.04. The highest BCUT2D eigenvalue weighted by Gasteiger charge is 2.24. The molecule has 0 aliphatic carbocycles. The fourth-order valence-electron chi connectivity index (χ4n) is 2.93. The van der Waals surface area contributed by atoms with Crippen LogP contribution in [0.25, 0.3) is 0 Å². The van der Waals surface area contributed by atoms with E-state index in [9.17, 15) is 9.59 Å². The molecule has 3 rings (SSSR count). The Labute approximate surface area is 147 Å². The average molecular weight is 338 g/mol. The van der Waals surface area contributed by atoms with Crippen molar-refractivity contribution in [1.29, 1.82) is 0 Å². The van der Waals surface area contributed by atoms with Crippen molar-refractivity contribution in [3.8, 4) is 0 Å². The molecule has 0 saturated carbocycles. The molecule has 6 heteroatoms. The van der Waals surface area contributed by atoms with Crippen molar-refractivity contribution in [2.45, 2.75) is 25.4 Å². The van der Waals surface area contributed by atoms with Gasteiger partial charge in [-0.25, -0.2) is 0 Å². The Morgan fingerprint density at radius 2 is 2.12 bits per heavy atom. The number of pyridine rings is 1. The zero-order valence-corrected chi connectivity index (χ0v) is 14.2. The van der Waals surface area contributed by atoms with Gasteiger partial charge in [-0.2, -0.15) is 0 Å². The highest BCUT2D eigenvalue weighted by molar-refractivity contribution is 5.99. The minimum absolute atomic E-state index is 0.0124. The summed E-state index contributed by atoms with van der Waals surface area (Å²) in [6, 6.07) is 11.3. The number of para-hydroxylation sites is 1. The predicted molar refractivity (Wildman–Crippen MR) is 96.1 cm³/mol. The van der Waals surface area contributed by atoms with E-state index in [4.69, 9.17) is 0 Å². The lowest BCUT2D eigenvalue weighted by molar-refractivity contribution is -0.132. The Morgan fingerprint density at radius 1 is 1.28 bits per heavy atom. The molecule has 1 unspecified atom stereocenters. The number of carbonyl (C=O) groups excluding carboxylic acids is 2. The number of nitrogens with zero attached hydrogens (tertiary/aromatic N) is 2. The summed E-state index contributed by atoms with van der Waals surface area (Å²) in [4.78, 5) is 30.0. The van der Waals surface area contributed by atoms with Gasteiger partial charge in [-0.3, -0.25) is 14.6 Å². The molecule has 6 nitrogen and oxygen atoms in total. The number of amides is 2. The van der Waals surface area contributed by atoms with Gasteiger partial charge in [0, 0.05) is 50.7 Å². The maximum atomic E-state index is 12.7. The van der Waals surface area contributed by atoms with Crippen LogP contribution >= 0.6 is 0 Å². The van der Waals surface area contributed by atoms with Crippen molar-refractivity contribution >= 4 is 17.5 Å². The van der Waals surface area contributed by atoms with Gasteiger partial charge in [-0.15, -0.1) is 0 Å². The van der Waals surface area contributed by atoms with Crippen LogP contribution in [-0.4, -0.2) is 41.3 Å². The van der Waals surface area contributed by atoms with Crippen molar-refractivity contribution in [2.75, 3.05) is 18.9 Å². The topological polar surface area (TPSA) is 74.3 Å². The van der Waals surface area contributed by atoms with Crippen LogP contribution in [0, 0.1) is 0 Å². The molecule has 130 valence electrons. The van der Waals surface area contributed by atoms with Gasteiger partial charge < -0.3 is 15.5 Å². The zero-order chi connectivity index (χ0) is 17.6. The summed E-state index contributed by atoms with van der Waals surface area (Å²) in [7, 11) is 1.77. The SMILES string of the molecule is CN1CC(NC(=O)c2ccccc2NCc2cccnc2)CCC1=O. The van der Waals surface area contributed by atoms with E-state index in [0.29, 0.717) is 31.5 Å². The molecule has 2 aromatic rings. The summed E-state index contributed by atoms with van der Waals surface area (Å²) in [5, 5.41) is 6.34. The second kappa shape index (κ2) is 7.79. The maximum absolute atomic E-state index is 12.7. The van der Waals surface area contributed by atoms with Crippen molar-refractivity contribution in [3.05, 3.63) is 59.9 Å². The van der Waals surface area contributed by atoms with Crippen LogP contribution in [0.3, 0.4) is 0 Å². The van der Waals surface area contributed by atoms with Crippen LogP contribution in [0.2, 0.25) is 0 Å². The fourth-order valence-corrected chi connectivity index (χ4v) is 2.93. The molecular formula is C19H22N4O2. The average Bonchev–Trinajstić information content (AvgIpc) is 2.64. The van der Waals surface area contributed by atoms with Crippen molar-refractivity contribution < 1.29 is 9.59 Å². The molecule has 1 aromatic carbocycles. The molecule has 2 heterocycles. The van der Waals surface area contributed by atoms with E-state index in [1.54, 1.807) is 30.4 Å². The quantitative estimate of drug-likeness (QED) is 0.875. The second-order valence-electron chi connectivity index (χ2n) is 6.24. The minimum atomic E-state index is -0.123. The largest absolute Gasteiger partial charge is 0.380 e. The first-order chi connectivity index (χ1) is 12.1. The number of anilines is 1. The molecule has 0 spiro atoms. The Bertz CT molecular complexity index is 748. The van der Waals surface area contributed by atoms with E-state index in [1.165, 1.54) is 0 Å². The monoisotopic (exact) mass is 338 g/mol. The lowest BCUT2D eigenvalue weighted by Crippen LogP contribution is -2.48. The fraction of sp³-hybridized carbons (Fsp3) is 0.316. The summed E-state index contributed by atoms with van der Waals surface area (Å²) in [6.45, 7) is 1.15. The number of hydrogen-bond donors (Lipinski definition) is 2. The molecule has 1 aliphatic rings. The van der Waals surface area contributed by atoms with Crippen LogP contribution in [0.4, 0.5) is 5.69 Å². The van der Waals surface area contributed by atoms with Gasteiger partial charge >= 0.3 is 0 Å². The number of likely N-dealkylation sites (N-methyl/N-ethyl adjacent to an activating group) is 1. The Balaban J connectivity index is 1.65. The van der Waals surface area contributed by atoms with E-state index in [2.05, 4.69) is 15.6 Å². The highest BCUT2D eigenvalue weighted by atomic mass is 16.2. The van der Waals surface area contributed by atoms with Crippen molar-refractivity contribution in [1.82, 2.24) is 15.2 Å². The smallest absolute Gasteiger partial charge is 0.253 e. The molecule has 1 aromatic heterocycles. The van der Waals surface area contributed by atoms with Gasteiger partial charge in [0.15, 0.2) is 0 Å². The third-order valence-electron chi connectivity index (χ3n) is 4.34. The van der Waals surface area contributed by atoms with E-state index >= 15 is 0 Å². The second-order valence-corrected chi connectivity index (χ2v) is 6.24. The van der Waals surface area contributed by atoms with E-state index in [1.807, 2.05) is 30.3 Å². The Kier molecular flexibility index (Phi) is 5.28. The molecule has 1 fully saturated rings. The van der Waals surface area contributed by atoms with Gasteiger partial charge in [-0.05, 0) is 30.2 Å². The zero-order valence-electron chi connectivity index (χ0n) is 14.2. The summed E-state index contributed by atoms with van der Waals surface area (Å²) in [5.41, 5.74) is 2.43. The summed E-state index contributed by atoms with van der Waals surface area (Å²) in [5.74, 6) is 0.00562. The van der Waals surface area contributed by atoms with Crippen LogP contribution in [0.5, 0.6) is 0 Å². The molecule has 1 atom stereocenters. The number of benzene rings is 1. The summed E-state index contributed by atoms with van der Waals surface area (Å²) >= 11 is 0. The van der Waals surface area contributed by atoms with E-state index < -0.39 is 0 Å². The van der Waals surface area contributed by atoms with Crippen LogP contribution in [0.1, 0.15) is 28.8 Å². The van der Waals surface area contributed by atoms with Crippen molar-refractivity contribution in [2.24, 2.45) is 0 Å². The first-order valence-electron chi connectivity index (χ1n) is 8.40. The Morgan fingerprint density at radius 3 is 2.88 bits per heavy atom. The number of piperidine rings is 1. The standard InChI is InChI=1S/C19H22N4O2/c1-23-13-15(8-9-18(23)24)22-19(25)16-6-2-3-7-17(16)21-12-14-5-4-10-20-11-14/h2-7,10-11,15,21H,8-9,12-13H2,1H3,(H,22,25). The van der Waals surface area contributed by atoms with Crippen LogP contribution in [0.15, 0.2) is 48.8 Å². The van der Waals surface area contributed by atoms with Gasteiger partial charge in [0.1, 0.15) is 0 Å². The van der Waals surface area contributed by atoms with Gasteiger partial charge in [0.05, 0.1) is 5.56 Å². The maximum Gasteiger partial charge on any atom is 0.253 e. The first kappa shape index (κ1) is 17.0. The molecule has 0 bridgehead atoms. The third-order valence-corrected chi connectivity index (χ3v) is 4.34. The lowest BCUT2D eigenvalue weighted by atomic mass is 10.0.